The van der Waals surface area contributed by atoms with Crippen molar-refractivity contribution in [2.24, 2.45) is 5.41 Å². The molecule has 0 fully saturated rings. The molecule has 0 saturated carbocycles. The van der Waals surface area contributed by atoms with Crippen LogP contribution in [0, 0.1) is 5.41 Å². The molecule has 0 saturated heterocycles. The van der Waals surface area contributed by atoms with Gasteiger partial charge < -0.3 is 9.47 Å². The van der Waals surface area contributed by atoms with E-state index in [9.17, 15) is 9.59 Å². The minimum absolute atomic E-state index is 0.423. The highest BCUT2D eigenvalue weighted by Crippen LogP contribution is 2.37. The lowest BCUT2D eigenvalue weighted by Crippen LogP contribution is -2.42. The predicted octanol–water partition coefficient (Wildman–Crippen LogP) is 2.30. The quantitative estimate of drug-likeness (QED) is 0.481. The third-order valence-corrected chi connectivity index (χ3v) is 3.80. The topological polar surface area (TPSA) is 65.5 Å². The molecule has 6 heteroatoms. The number of hydrogen-bond donors (Lipinski definition) is 0. The van der Waals surface area contributed by atoms with Gasteiger partial charge in [-0.05, 0) is 34.5 Å². The Kier molecular flexibility index (Phi) is 5.05. The average Bonchev–Trinajstić information content (AvgIpc) is 2.44. The Morgan fingerprint density at radius 2 is 1.79 bits per heavy atom. The van der Waals surface area contributed by atoms with Crippen LogP contribution in [0.3, 0.4) is 0 Å². The van der Waals surface area contributed by atoms with Crippen LogP contribution in [0.1, 0.15) is 25.3 Å². The smallest absolute Gasteiger partial charge is 0.323 e. The maximum atomic E-state index is 12.0. The second-order valence-electron chi connectivity index (χ2n) is 4.32. The number of carbonyl (C=O) groups excluding carboxylic acids is 2. The number of rotatable bonds is 4. The molecule has 0 N–H and O–H groups in total. The largest absolute Gasteiger partial charge is 0.468 e. The molecule has 0 amide bonds. The summed E-state index contributed by atoms with van der Waals surface area (Å²) in [6.45, 7) is 3.27. The van der Waals surface area contributed by atoms with Crippen molar-refractivity contribution in [1.82, 2.24) is 4.98 Å². The molecule has 1 heterocycles. The fourth-order valence-electron chi connectivity index (χ4n) is 1.84. The standard InChI is InChI=1S/C13H16BrNO4/c1-8(9-5-6-10(14)15-7-9)13(2,11(16)18-3)12(17)19-4/h5-8H,1-4H3. The van der Waals surface area contributed by atoms with Crippen molar-refractivity contribution < 1.29 is 19.1 Å². The van der Waals surface area contributed by atoms with Gasteiger partial charge in [0.1, 0.15) is 4.60 Å². The molecular weight excluding hydrogens is 314 g/mol. The van der Waals surface area contributed by atoms with Crippen LogP contribution in [0.25, 0.3) is 0 Å². The summed E-state index contributed by atoms with van der Waals surface area (Å²) in [6.07, 6.45) is 1.61. The molecule has 19 heavy (non-hydrogen) atoms. The summed E-state index contributed by atoms with van der Waals surface area (Å²) >= 11 is 3.24. The zero-order chi connectivity index (χ0) is 14.6. The summed E-state index contributed by atoms with van der Waals surface area (Å²) in [4.78, 5) is 28.0. The number of halogens is 1. The van der Waals surface area contributed by atoms with Crippen molar-refractivity contribution >= 4 is 27.9 Å². The number of carbonyl (C=O) groups is 2. The Hall–Kier alpha value is -1.43. The molecule has 1 aromatic rings. The average molecular weight is 330 g/mol. The lowest BCUT2D eigenvalue weighted by atomic mass is 9.75. The summed E-state index contributed by atoms with van der Waals surface area (Å²) in [5.41, 5.74) is -0.652. The molecule has 0 aliphatic heterocycles. The van der Waals surface area contributed by atoms with E-state index in [0.29, 0.717) is 4.60 Å². The molecule has 1 unspecified atom stereocenters. The van der Waals surface area contributed by atoms with Crippen molar-refractivity contribution in [3.63, 3.8) is 0 Å². The second kappa shape index (κ2) is 6.14. The molecule has 0 spiro atoms. The van der Waals surface area contributed by atoms with Gasteiger partial charge in [0, 0.05) is 12.1 Å². The summed E-state index contributed by atoms with van der Waals surface area (Å²) in [6, 6.07) is 3.55. The van der Waals surface area contributed by atoms with Gasteiger partial charge in [0.25, 0.3) is 0 Å². The number of hydrogen-bond acceptors (Lipinski definition) is 5. The third kappa shape index (κ3) is 2.94. The molecule has 1 rings (SSSR count). The zero-order valence-electron chi connectivity index (χ0n) is 11.3. The van der Waals surface area contributed by atoms with Crippen LogP contribution in [-0.4, -0.2) is 31.1 Å². The van der Waals surface area contributed by atoms with Crippen molar-refractivity contribution in [3.8, 4) is 0 Å². The van der Waals surface area contributed by atoms with Crippen LogP contribution in [0.2, 0.25) is 0 Å². The number of esters is 2. The van der Waals surface area contributed by atoms with Crippen LogP contribution in [0.4, 0.5) is 0 Å². The van der Waals surface area contributed by atoms with E-state index in [1.165, 1.54) is 21.1 Å². The first-order chi connectivity index (χ1) is 8.87. The van der Waals surface area contributed by atoms with E-state index in [1.807, 2.05) is 0 Å². The Labute approximate surface area is 120 Å². The molecule has 1 atom stereocenters. The van der Waals surface area contributed by atoms with E-state index in [1.54, 1.807) is 25.3 Å². The normalized spacial score (nSPS) is 12.7. The minimum Gasteiger partial charge on any atom is -0.468 e. The van der Waals surface area contributed by atoms with Gasteiger partial charge in [0.2, 0.25) is 0 Å². The van der Waals surface area contributed by atoms with Crippen LogP contribution in [-0.2, 0) is 19.1 Å². The second-order valence-corrected chi connectivity index (χ2v) is 5.13. The summed E-state index contributed by atoms with van der Waals surface area (Å²) in [5.74, 6) is -1.68. The van der Waals surface area contributed by atoms with Gasteiger partial charge >= 0.3 is 11.9 Å². The summed E-state index contributed by atoms with van der Waals surface area (Å²) in [5, 5.41) is 0. The highest BCUT2D eigenvalue weighted by molar-refractivity contribution is 9.10. The number of pyridine rings is 1. The van der Waals surface area contributed by atoms with Gasteiger partial charge in [0.15, 0.2) is 5.41 Å². The molecule has 5 nitrogen and oxygen atoms in total. The van der Waals surface area contributed by atoms with Gasteiger partial charge in [-0.1, -0.05) is 13.0 Å². The van der Waals surface area contributed by atoms with Gasteiger partial charge in [0.05, 0.1) is 14.2 Å². The Morgan fingerprint density at radius 3 is 2.16 bits per heavy atom. The molecule has 0 radical (unpaired) electrons. The first-order valence-corrected chi connectivity index (χ1v) is 6.45. The number of ether oxygens (including phenoxy) is 2. The van der Waals surface area contributed by atoms with E-state index < -0.39 is 23.3 Å². The first kappa shape index (κ1) is 15.6. The fourth-order valence-corrected chi connectivity index (χ4v) is 2.07. The molecule has 0 aromatic carbocycles. The lowest BCUT2D eigenvalue weighted by Gasteiger charge is -2.30. The third-order valence-electron chi connectivity index (χ3n) is 3.34. The van der Waals surface area contributed by atoms with Gasteiger partial charge in [-0.3, -0.25) is 9.59 Å². The Bertz CT molecular complexity index is 456. The van der Waals surface area contributed by atoms with E-state index in [2.05, 4.69) is 20.9 Å². The van der Waals surface area contributed by atoms with Crippen LogP contribution >= 0.6 is 15.9 Å². The van der Waals surface area contributed by atoms with E-state index in [0.717, 1.165) is 5.56 Å². The Morgan fingerprint density at radius 1 is 1.26 bits per heavy atom. The predicted molar refractivity (Wildman–Crippen MR) is 72.5 cm³/mol. The first-order valence-electron chi connectivity index (χ1n) is 5.66. The van der Waals surface area contributed by atoms with Crippen molar-refractivity contribution in [2.45, 2.75) is 19.8 Å². The zero-order valence-corrected chi connectivity index (χ0v) is 12.9. The molecule has 0 aliphatic rings. The summed E-state index contributed by atoms with van der Waals surface area (Å²) < 4.78 is 10.2. The maximum absolute atomic E-state index is 12.0. The monoisotopic (exact) mass is 329 g/mol. The minimum atomic E-state index is -1.40. The molecule has 104 valence electrons. The number of nitrogens with zero attached hydrogens (tertiary/aromatic N) is 1. The molecule has 1 aromatic heterocycles. The highest BCUT2D eigenvalue weighted by atomic mass is 79.9. The highest BCUT2D eigenvalue weighted by Gasteiger charge is 2.49. The van der Waals surface area contributed by atoms with Gasteiger partial charge in [-0.2, -0.15) is 0 Å². The van der Waals surface area contributed by atoms with Crippen LogP contribution in [0.15, 0.2) is 22.9 Å². The van der Waals surface area contributed by atoms with E-state index >= 15 is 0 Å². The Balaban J connectivity index is 3.21. The lowest BCUT2D eigenvalue weighted by molar-refractivity contribution is -0.169. The van der Waals surface area contributed by atoms with E-state index in [4.69, 9.17) is 9.47 Å². The van der Waals surface area contributed by atoms with Crippen LogP contribution < -0.4 is 0 Å². The maximum Gasteiger partial charge on any atom is 0.323 e. The molecular formula is C13H16BrNO4. The van der Waals surface area contributed by atoms with E-state index in [-0.39, 0.29) is 0 Å². The molecule has 0 aliphatic carbocycles. The van der Waals surface area contributed by atoms with Crippen molar-refractivity contribution in [2.75, 3.05) is 14.2 Å². The fraction of sp³-hybridized carbons (Fsp3) is 0.462. The van der Waals surface area contributed by atoms with Crippen molar-refractivity contribution in [3.05, 3.63) is 28.5 Å². The number of methoxy groups -OCH3 is 2. The molecule has 0 bridgehead atoms. The van der Waals surface area contributed by atoms with Gasteiger partial charge in [-0.15, -0.1) is 0 Å². The SMILES string of the molecule is COC(=O)C(C)(C(=O)OC)C(C)c1ccc(Br)nc1. The van der Waals surface area contributed by atoms with Gasteiger partial charge in [-0.25, -0.2) is 4.98 Å². The van der Waals surface area contributed by atoms with Crippen LogP contribution in [0.5, 0.6) is 0 Å². The van der Waals surface area contributed by atoms with Crippen molar-refractivity contribution in [1.29, 1.82) is 0 Å². The number of aromatic nitrogens is 1. The summed E-state index contributed by atoms with van der Waals surface area (Å²) in [7, 11) is 2.49.